The number of amides is 1. The lowest BCUT2D eigenvalue weighted by Gasteiger charge is -2.26. The van der Waals surface area contributed by atoms with Gasteiger partial charge in [0.05, 0.1) is 38.0 Å². The molecule has 0 aliphatic carbocycles. The van der Waals surface area contributed by atoms with E-state index >= 15 is 4.39 Å². The van der Waals surface area contributed by atoms with E-state index in [1.54, 1.807) is 55.9 Å². The van der Waals surface area contributed by atoms with Crippen molar-refractivity contribution in [1.82, 2.24) is 20.2 Å². The standard InChI is InChI=1S/C36H36FN5O5/c1-44-33-22-28-30(23-34(33)46-18-6-15-42-16-19-45-20-17-42)38-14-12-31(28)47-32-11-10-26(21-29(32)37)41-35-27(9-5-13-39-35)36(43)40-24-25-7-3-2-4-8-25/h2-5,7-14,21-23H,6,15-20,24H2,1H3,(H,39,41)(H,40,43). The monoisotopic (exact) mass is 637 g/mol. The van der Waals surface area contributed by atoms with Crippen molar-refractivity contribution in [2.24, 2.45) is 0 Å². The minimum atomic E-state index is -0.599. The molecule has 47 heavy (non-hydrogen) atoms. The van der Waals surface area contributed by atoms with E-state index in [9.17, 15) is 4.79 Å². The molecule has 11 heteroatoms. The van der Waals surface area contributed by atoms with Crippen molar-refractivity contribution in [3.8, 4) is 23.0 Å². The summed E-state index contributed by atoms with van der Waals surface area (Å²) in [6.07, 6.45) is 4.03. The minimum absolute atomic E-state index is 0.0207. The van der Waals surface area contributed by atoms with E-state index in [1.165, 1.54) is 12.1 Å². The average Bonchev–Trinajstić information content (AvgIpc) is 3.11. The summed E-state index contributed by atoms with van der Waals surface area (Å²) in [6.45, 7) is 5.23. The number of aromatic nitrogens is 2. The Morgan fingerprint density at radius 2 is 1.77 bits per heavy atom. The van der Waals surface area contributed by atoms with Crippen molar-refractivity contribution >= 4 is 28.3 Å². The number of carbonyl (C=O) groups excluding carboxylic acids is 1. The van der Waals surface area contributed by atoms with Crippen LogP contribution in [0.4, 0.5) is 15.9 Å². The molecule has 10 nitrogen and oxygen atoms in total. The molecule has 3 aromatic carbocycles. The molecule has 0 saturated carbocycles. The van der Waals surface area contributed by atoms with Crippen LogP contribution in [-0.2, 0) is 11.3 Å². The van der Waals surface area contributed by atoms with Crippen LogP contribution in [0.2, 0.25) is 0 Å². The summed E-state index contributed by atoms with van der Waals surface area (Å²) >= 11 is 0. The number of morpholine rings is 1. The van der Waals surface area contributed by atoms with E-state index in [1.807, 2.05) is 30.3 Å². The molecule has 1 aliphatic rings. The Kier molecular flexibility index (Phi) is 10.4. The van der Waals surface area contributed by atoms with Gasteiger partial charge in [0, 0.05) is 61.8 Å². The van der Waals surface area contributed by atoms with E-state index in [0.717, 1.165) is 44.8 Å². The van der Waals surface area contributed by atoms with Crippen LogP contribution in [0.3, 0.4) is 0 Å². The molecule has 3 heterocycles. The van der Waals surface area contributed by atoms with Gasteiger partial charge in [-0.25, -0.2) is 9.37 Å². The number of methoxy groups -OCH3 is 1. The number of hydrogen-bond acceptors (Lipinski definition) is 9. The van der Waals surface area contributed by atoms with Crippen molar-refractivity contribution in [3.05, 3.63) is 108 Å². The average molecular weight is 638 g/mol. The third kappa shape index (κ3) is 8.13. The molecule has 2 N–H and O–H groups in total. The molecule has 1 aliphatic heterocycles. The highest BCUT2D eigenvalue weighted by Crippen LogP contribution is 2.38. The smallest absolute Gasteiger partial charge is 0.255 e. The SMILES string of the molecule is COc1cc2c(Oc3ccc(Nc4ncccc4C(=O)NCc4ccccc4)cc3F)ccnc2cc1OCCCN1CCOCC1. The van der Waals surface area contributed by atoms with E-state index in [4.69, 9.17) is 18.9 Å². The van der Waals surface area contributed by atoms with E-state index in [-0.39, 0.29) is 11.7 Å². The summed E-state index contributed by atoms with van der Waals surface area (Å²) in [5.41, 5.74) is 2.34. The molecule has 1 saturated heterocycles. The Balaban J connectivity index is 1.12. The van der Waals surface area contributed by atoms with Gasteiger partial charge in [-0.1, -0.05) is 30.3 Å². The van der Waals surface area contributed by atoms with E-state index < -0.39 is 5.82 Å². The van der Waals surface area contributed by atoms with Gasteiger partial charge in [-0.15, -0.1) is 0 Å². The summed E-state index contributed by atoms with van der Waals surface area (Å²) in [4.78, 5) is 24.1. The van der Waals surface area contributed by atoms with Gasteiger partial charge >= 0.3 is 0 Å². The number of nitrogens with one attached hydrogen (secondary N) is 2. The largest absolute Gasteiger partial charge is 0.493 e. The highest BCUT2D eigenvalue weighted by atomic mass is 19.1. The fourth-order valence-corrected chi connectivity index (χ4v) is 5.26. The van der Waals surface area contributed by atoms with Crippen LogP contribution < -0.4 is 24.8 Å². The first-order valence-electron chi connectivity index (χ1n) is 15.5. The van der Waals surface area contributed by atoms with Crippen molar-refractivity contribution in [3.63, 3.8) is 0 Å². The summed E-state index contributed by atoms with van der Waals surface area (Å²) in [5.74, 6) is 0.944. The third-order valence-electron chi connectivity index (χ3n) is 7.73. The first-order chi connectivity index (χ1) is 23.1. The van der Waals surface area contributed by atoms with E-state index in [0.29, 0.717) is 58.4 Å². The lowest BCUT2D eigenvalue weighted by Crippen LogP contribution is -2.37. The lowest BCUT2D eigenvalue weighted by atomic mass is 10.1. The molecular formula is C36H36FN5O5. The van der Waals surface area contributed by atoms with Gasteiger partial charge in [0.25, 0.3) is 5.91 Å². The lowest BCUT2D eigenvalue weighted by molar-refractivity contribution is 0.0357. The van der Waals surface area contributed by atoms with Gasteiger partial charge in [-0.3, -0.25) is 14.7 Å². The van der Waals surface area contributed by atoms with Crippen LogP contribution in [0.5, 0.6) is 23.0 Å². The number of halogens is 1. The Labute approximate surface area is 272 Å². The molecule has 0 radical (unpaired) electrons. The van der Waals surface area contributed by atoms with Crippen molar-refractivity contribution in [2.45, 2.75) is 13.0 Å². The van der Waals surface area contributed by atoms with Gasteiger partial charge in [-0.2, -0.15) is 0 Å². The third-order valence-corrected chi connectivity index (χ3v) is 7.73. The second-order valence-electron chi connectivity index (χ2n) is 10.9. The molecule has 6 rings (SSSR count). The first-order valence-corrected chi connectivity index (χ1v) is 15.5. The van der Waals surface area contributed by atoms with Gasteiger partial charge in [-0.05, 0) is 48.4 Å². The zero-order valence-electron chi connectivity index (χ0n) is 26.1. The van der Waals surface area contributed by atoms with Crippen molar-refractivity contribution in [2.75, 3.05) is 51.9 Å². The Morgan fingerprint density at radius 3 is 2.57 bits per heavy atom. The van der Waals surface area contributed by atoms with Gasteiger partial charge in [0.2, 0.25) is 0 Å². The molecular weight excluding hydrogens is 601 g/mol. The maximum atomic E-state index is 15.4. The maximum Gasteiger partial charge on any atom is 0.255 e. The predicted molar refractivity (Wildman–Crippen MR) is 177 cm³/mol. The number of nitrogens with zero attached hydrogens (tertiary/aromatic N) is 3. The zero-order chi connectivity index (χ0) is 32.4. The van der Waals surface area contributed by atoms with Crippen LogP contribution >= 0.6 is 0 Å². The molecule has 0 bridgehead atoms. The van der Waals surface area contributed by atoms with E-state index in [2.05, 4.69) is 25.5 Å². The maximum absolute atomic E-state index is 15.4. The van der Waals surface area contributed by atoms with Crippen LogP contribution in [-0.4, -0.2) is 67.3 Å². The van der Waals surface area contributed by atoms with Crippen molar-refractivity contribution in [1.29, 1.82) is 0 Å². The second kappa shape index (κ2) is 15.4. The minimum Gasteiger partial charge on any atom is -0.493 e. The summed E-state index contributed by atoms with van der Waals surface area (Å²) in [7, 11) is 1.57. The second-order valence-corrected chi connectivity index (χ2v) is 10.9. The summed E-state index contributed by atoms with van der Waals surface area (Å²) < 4.78 is 38.5. The highest BCUT2D eigenvalue weighted by molar-refractivity contribution is 5.99. The molecule has 0 atom stereocenters. The summed E-state index contributed by atoms with van der Waals surface area (Å²) in [6, 6.07) is 22.7. The summed E-state index contributed by atoms with van der Waals surface area (Å²) in [5, 5.41) is 6.60. The van der Waals surface area contributed by atoms with Crippen LogP contribution in [0.25, 0.3) is 10.9 Å². The number of hydrogen-bond donors (Lipinski definition) is 2. The Hall–Kier alpha value is -5.26. The van der Waals surface area contributed by atoms with Crippen molar-refractivity contribution < 1.29 is 28.1 Å². The van der Waals surface area contributed by atoms with Crippen LogP contribution in [0.1, 0.15) is 22.3 Å². The number of rotatable bonds is 13. The number of ether oxygens (including phenoxy) is 4. The molecule has 1 fully saturated rings. The predicted octanol–water partition coefficient (Wildman–Crippen LogP) is 6.34. The topological polar surface area (TPSA) is 107 Å². The van der Waals surface area contributed by atoms with Gasteiger partial charge in [0.15, 0.2) is 23.1 Å². The van der Waals surface area contributed by atoms with Crippen LogP contribution in [0.15, 0.2) is 91.3 Å². The quantitative estimate of drug-likeness (QED) is 0.143. The first kappa shape index (κ1) is 31.7. The van der Waals surface area contributed by atoms with Gasteiger partial charge < -0.3 is 29.6 Å². The molecule has 2 aromatic heterocycles. The molecule has 0 unspecified atom stereocenters. The fraction of sp³-hybridized carbons (Fsp3) is 0.250. The number of fused-ring (bicyclic) bond motifs is 1. The molecule has 0 spiro atoms. The zero-order valence-corrected chi connectivity index (χ0v) is 26.1. The molecule has 242 valence electrons. The normalized spacial score (nSPS) is 13.2. The number of anilines is 2. The fourth-order valence-electron chi connectivity index (χ4n) is 5.26. The van der Waals surface area contributed by atoms with Crippen LogP contribution in [0, 0.1) is 5.82 Å². The Bertz CT molecular complexity index is 1820. The number of carbonyl (C=O) groups is 1. The Morgan fingerprint density at radius 1 is 0.915 bits per heavy atom. The van der Waals surface area contributed by atoms with Gasteiger partial charge in [0.1, 0.15) is 11.6 Å². The highest BCUT2D eigenvalue weighted by Gasteiger charge is 2.16. The molecule has 5 aromatic rings. The number of pyridine rings is 2. The molecule has 1 amide bonds. The number of benzene rings is 3.